The Morgan fingerprint density at radius 1 is 1.28 bits per heavy atom. The molecule has 3 aromatic rings. The molecule has 6 heteroatoms. The van der Waals surface area contributed by atoms with Crippen molar-refractivity contribution in [2.75, 3.05) is 0 Å². The van der Waals surface area contributed by atoms with Crippen molar-refractivity contribution in [3.63, 3.8) is 0 Å². The molecule has 3 rings (SSSR count). The summed E-state index contributed by atoms with van der Waals surface area (Å²) in [6, 6.07) is 5.46. The van der Waals surface area contributed by atoms with E-state index in [2.05, 4.69) is 15.1 Å². The maximum atomic E-state index is 5.98. The SMILES string of the molecule is CC(c1nc2cc(Cl)c(Cl)cc2[nH]1)n1cccn1. The monoisotopic (exact) mass is 280 g/mol. The lowest BCUT2D eigenvalue weighted by molar-refractivity contribution is 0.542. The number of benzene rings is 1. The number of nitrogens with zero attached hydrogens (tertiary/aromatic N) is 3. The molecule has 1 N–H and O–H groups in total. The molecule has 0 saturated carbocycles. The number of rotatable bonds is 2. The molecule has 0 aliphatic heterocycles. The van der Waals surface area contributed by atoms with Gasteiger partial charge in [-0.05, 0) is 25.1 Å². The third kappa shape index (κ3) is 1.87. The highest BCUT2D eigenvalue weighted by atomic mass is 35.5. The maximum Gasteiger partial charge on any atom is 0.131 e. The number of aromatic amines is 1. The van der Waals surface area contributed by atoms with E-state index in [-0.39, 0.29) is 6.04 Å². The fourth-order valence-corrected chi connectivity index (χ4v) is 2.18. The highest BCUT2D eigenvalue weighted by molar-refractivity contribution is 6.42. The fourth-order valence-electron chi connectivity index (χ4n) is 1.86. The first-order valence-corrected chi connectivity index (χ1v) is 6.24. The number of halogens is 2. The largest absolute Gasteiger partial charge is 0.340 e. The molecule has 0 aliphatic rings. The zero-order valence-corrected chi connectivity index (χ0v) is 11.1. The van der Waals surface area contributed by atoms with Gasteiger partial charge in [0.1, 0.15) is 11.9 Å². The molecule has 1 aromatic carbocycles. The number of aromatic nitrogens is 4. The Hall–Kier alpha value is -1.52. The van der Waals surface area contributed by atoms with Gasteiger partial charge in [0.25, 0.3) is 0 Å². The Morgan fingerprint density at radius 2 is 2.06 bits per heavy atom. The van der Waals surface area contributed by atoms with Crippen LogP contribution in [-0.2, 0) is 0 Å². The molecule has 18 heavy (non-hydrogen) atoms. The molecule has 0 amide bonds. The number of hydrogen-bond donors (Lipinski definition) is 1. The van der Waals surface area contributed by atoms with Gasteiger partial charge in [-0.2, -0.15) is 5.10 Å². The molecule has 0 aliphatic carbocycles. The van der Waals surface area contributed by atoms with Gasteiger partial charge in [0, 0.05) is 12.4 Å². The van der Waals surface area contributed by atoms with E-state index in [0.717, 1.165) is 16.9 Å². The first kappa shape index (κ1) is 11.6. The van der Waals surface area contributed by atoms with Crippen molar-refractivity contribution in [1.29, 1.82) is 0 Å². The number of H-pyrrole nitrogens is 1. The van der Waals surface area contributed by atoms with Gasteiger partial charge < -0.3 is 4.98 Å². The molecular weight excluding hydrogens is 271 g/mol. The lowest BCUT2D eigenvalue weighted by Crippen LogP contribution is -2.08. The number of fused-ring (bicyclic) bond motifs is 1. The predicted octanol–water partition coefficient (Wildman–Crippen LogP) is 3.68. The minimum Gasteiger partial charge on any atom is -0.340 e. The second kappa shape index (κ2) is 4.30. The zero-order chi connectivity index (χ0) is 12.7. The quantitative estimate of drug-likeness (QED) is 0.779. The van der Waals surface area contributed by atoms with Gasteiger partial charge in [0.2, 0.25) is 0 Å². The molecule has 1 atom stereocenters. The third-order valence-corrected chi connectivity index (χ3v) is 3.58. The van der Waals surface area contributed by atoms with Gasteiger partial charge in [-0.1, -0.05) is 23.2 Å². The Kier molecular flexibility index (Phi) is 2.76. The first-order valence-electron chi connectivity index (χ1n) is 5.49. The van der Waals surface area contributed by atoms with Crippen LogP contribution in [0.1, 0.15) is 18.8 Å². The van der Waals surface area contributed by atoms with Crippen LogP contribution in [-0.4, -0.2) is 19.7 Å². The van der Waals surface area contributed by atoms with Gasteiger partial charge in [0.05, 0.1) is 21.1 Å². The summed E-state index contributed by atoms with van der Waals surface area (Å²) in [6.07, 6.45) is 3.64. The number of imidazole rings is 1. The van der Waals surface area contributed by atoms with Crippen molar-refractivity contribution in [3.8, 4) is 0 Å². The summed E-state index contributed by atoms with van der Waals surface area (Å²) in [4.78, 5) is 7.75. The van der Waals surface area contributed by atoms with Gasteiger partial charge >= 0.3 is 0 Å². The van der Waals surface area contributed by atoms with Crippen LogP contribution >= 0.6 is 23.2 Å². The molecule has 4 nitrogen and oxygen atoms in total. The summed E-state index contributed by atoms with van der Waals surface area (Å²) < 4.78 is 1.83. The maximum absolute atomic E-state index is 5.98. The predicted molar refractivity (Wildman–Crippen MR) is 72.2 cm³/mol. The summed E-state index contributed by atoms with van der Waals surface area (Å²) in [5, 5.41) is 5.23. The highest BCUT2D eigenvalue weighted by Crippen LogP contribution is 2.27. The van der Waals surface area contributed by atoms with Gasteiger partial charge in [-0.25, -0.2) is 4.98 Å². The second-order valence-corrected chi connectivity index (χ2v) is 4.88. The molecule has 0 bridgehead atoms. The van der Waals surface area contributed by atoms with Crippen LogP contribution in [0.25, 0.3) is 11.0 Å². The summed E-state index contributed by atoms with van der Waals surface area (Å²) >= 11 is 12.0. The Balaban J connectivity index is 2.08. The van der Waals surface area contributed by atoms with Gasteiger partial charge in [-0.3, -0.25) is 4.68 Å². The normalized spacial score (nSPS) is 13.1. The number of nitrogens with one attached hydrogen (secondary N) is 1. The molecule has 92 valence electrons. The highest BCUT2D eigenvalue weighted by Gasteiger charge is 2.13. The molecule has 2 aromatic heterocycles. The van der Waals surface area contributed by atoms with E-state index >= 15 is 0 Å². The van der Waals surface area contributed by atoms with E-state index in [1.807, 2.05) is 23.9 Å². The molecule has 0 saturated heterocycles. The van der Waals surface area contributed by atoms with Gasteiger partial charge in [0.15, 0.2) is 0 Å². The Morgan fingerprint density at radius 3 is 2.78 bits per heavy atom. The zero-order valence-electron chi connectivity index (χ0n) is 9.56. The van der Waals surface area contributed by atoms with Crippen molar-refractivity contribution >= 4 is 34.2 Å². The molecule has 0 radical (unpaired) electrons. The second-order valence-electron chi connectivity index (χ2n) is 4.07. The van der Waals surface area contributed by atoms with Crippen molar-refractivity contribution in [2.24, 2.45) is 0 Å². The lowest BCUT2D eigenvalue weighted by atomic mass is 10.3. The standard InChI is InChI=1S/C12H10Cl2N4/c1-7(18-4-2-3-15-18)12-16-10-5-8(13)9(14)6-11(10)17-12/h2-7H,1H3,(H,16,17). The average molecular weight is 281 g/mol. The van der Waals surface area contributed by atoms with E-state index in [4.69, 9.17) is 23.2 Å². The van der Waals surface area contributed by atoms with E-state index in [1.165, 1.54) is 0 Å². The van der Waals surface area contributed by atoms with Crippen LogP contribution in [0, 0.1) is 0 Å². The van der Waals surface area contributed by atoms with E-state index < -0.39 is 0 Å². The Labute approximate surface area is 114 Å². The fraction of sp³-hybridized carbons (Fsp3) is 0.167. The minimum atomic E-state index is 0.0324. The molecule has 2 heterocycles. The van der Waals surface area contributed by atoms with Crippen LogP contribution in [0.15, 0.2) is 30.6 Å². The van der Waals surface area contributed by atoms with Crippen LogP contribution < -0.4 is 0 Å². The van der Waals surface area contributed by atoms with Crippen molar-refractivity contribution < 1.29 is 0 Å². The first-order chi connectivity index (χ1) is 8.65. The average Bonchev–Trinajstić information content (AvgIpc) is 2.97. The van der Waals surface area contributed by atoms with E-state index in [1.54, 1.807) is 18.3 Å². The molecule has 0 fully saturated rings. The van der Waals surface area contributed by atoms with E-state index in [0.29, 0.717) is 10.0 Å². The molecule has 0 spiro atoms. The topological polar surface area (TPSA) is 46.5 Å². The van der Waals surface area contributed by atoms with Crippen LogP contribution in [0.5, 0.6) is 0 Å². The van der Waals surface area contributed by atoms with Crippen LogP contribution in [0.3, 0.4) is 0 Å². The van der Waals surface area contributed by atoms with Crippen LogP contribution in [0.4, 0.5) is 0 Å². The smallest absolute Gasteiger partial charge is 0.131 e. The molecular formula is C12H10Cl2N4. The minimum absolute atomic E-state index is 0.0324. The van der Waals surface area contributed by atoms with Gasteiger partial charge in [-0.15, -0.1) is 0 Å². The summed E-state index contributed by atoms with van der Waals surface area (Å²) in [7, 11) is 0. The van der Waals surface area contributed by atoms with Crippen molar-refractivity contribution in [1.82, 2.24) is 19.7 Å². The Bertz CT molecular complexity index is 648. The van der Waals surface area contributed by atoms with Crippen molar-refractivity contribution in [3.05, 3.63) is 46.5 Å². The summed E-state index contributed by atoms with van der Waals surface area (Å²) in [5.41, 5.74) is 1.68. The third-order valence-electron chi connectivity index (χ3n) is 2.86. The lowest BCUT2D eigenvalue weighted by Gasteiger charge is -2.08. The van der Waals surface area contributed by atoms with Crippen LogP contribution in [0.2, 0.25) is 10.0 Å². The number of hydrogen-bond acceptors (Lipinski definition) is 2. The summed E-state index contributed by atoms with van der Waals surface area (Å²) in [6.45, 7) is 2.02. The summed E-state index contributed by atoms with van der Waals surface area (Å²) in [5.74, 6) is 0.826. The van der Waals surface area contributed by atoms with E-state index in [9.17, 15) is 0 Å². The van der Waals surface area contributed by atoms with Crippen molar-refractivity contribution in [2.45, 2.75) is 13.0 Å². The molecule has 1 unspecified atom stereocenters.